The Morgan fingerprint density at radius 1 is 1.24 bits per heavy atom. The topological polar surface area (TPSA) is 75.1 Å². The summed E-state index contributed by atoms with van der Waals surface area (Å²) >= 11 is 0. The summed E-state index contributed by atoms with van der Waals surface area (Å²) in [5.41, 5.74) is 4.95. The van der Waals surface area contributed by atoms with E-state index in [4.69, 9.17) is 0 Å². The quantitative estimate of drug-likeness (QED) is 0.562. The van der Waals surface area contributed by atoms with Crippen LogP contribution in [0, 0.1) is 10.1 Å². The Hall–Kier alpha value is -3.15. The molecule has 1 aliphatic heterocycles. The lowest BCUT2D eigenvalue weighted by atomic mass is 9.83. The second kappa shape index (κ2) is 5.17. The highest BCUT2D eigenvalue weighted by Gasteiger charge is 2.38. The molecular weight excluding hydrogens is 316 g/mol. The van der Waals surface area contributed by atoms with Crippen LogP contribution in [0.5, 0.6) is 0 Å². The maximum atomic E-state index is 11.1. The molecule has 1 N–H and O–H groups in total. The molecule has 2 aromatic carbocycles. The molecule has 0 fully saturated rings. The van der Waals surface area contributed by atoms with Crippen molar-refractivity contribution < 1.29 is 4.92 Å². The molecule has 0 radical (unpaired) electrons. The summed E-state index contributed by atoms with van der Waals surface area (Å²) in [5.74, 6) is 0. The van der Waals surface area contributed by atoms with Crippen LogP contribution in [0.4, 0.5) is 11.4 Å². The number of allylic oxidation sites excluding steroid dienone is 1. The lowest BCUT2D eigenvalue weighted by Crippen LogP contribution is -2.22. The maximum absolute atomic E-state index is 11.1. The fourth-order valence-electron chi connectivity index (χ4n) is 3.64. The summed E-state index contributed by atoms with van der Waals surface area (Å²) in [7, 11) is 2.04. The fraction of sp³-hybridized carbons (Fsp3) is 0.211. The number of rotatable bonds is 2. The number of nitrogens with zero attached hydrogens (tertiary/aromatic N) is 3. The van der Waals surface area contributed by atoms with Crippen LogP contribution < -0.4 is 4.90 Å². The second-order valence-corrected chi connectivity index (χ2v) is 6.83. The van der Waals surface area contributed by atoms with Crippen molar-refractivity contribution in [2.45, 2.75) is 19.3 Å². The number of anilines is 1. The monoisotopic (exact) mass is 334 g/mol. The molecule has 0 unspecified atom stereocenters. The number of hydrogen-bond donors (Lipinski definition) is 1. The van der Waals surface area contributed by atoms with Gasteiger partial charge in [-0.15, -0.1) is 0 Å². The number of para-hydroxylation sites is 1. The fourth-order valence-corrected chi connectivity index (χ4v) is 3.64. The zero-order valence-corrected chi connectivity index (χ0v) is 14.3. The first-order chi connectivity index (χ1) is 11.9. The van der Waals surface area contributed by atoms with E-state index >= 15 is 0 Å². The summed E-state index contributed by atoms with van der Waals surface area (Å²) in [6, 6.07) is 13.0. The molecule has 0 bridgehead atoms. The summed E-state index contributed by atoms with van der Waals surface area (Å²) in [4.78, 5) is 12.9. The van der Waals surface area contributed by atoms with E-state index in [2.05, 4.69) is 41.1 Å². The van der Waals surface area contributed by atoms with Crippen LogP contribution >= 0.6 is 0 Å². The summed E-state index contributed by atoms with van der Waals surface area (Å²) in [6.45, 7) is 4.37. The smallest absolute Gasteiger partial charge is 0.270 e. The van der Waals surface area contributed by atoms with E-state index in [-0.39, 0.29) is 16.0 Å². The van der Waals surface area contributed by atoms with Crippen molar-refractivity contribution in [1.29, 1.82) is 0 Å². The number of benzene rings is 2. The van der Waals surface area contributed by atoms with Crippen LogP contribution in [0.15, 0.2) is 48.2 Å². The van der Waals surface area contributed by atoms with Crippen molar-refractivity contribution in [3.8, 4) is 0 Å². The molecule has 0 atom stereocenters. The van der Waals surface area contributed by atoms with Crippen molar-refractivity contribution in [3.05, 3.63) is 69.5 Å². The van der Waals surface area contributed by atoms with Gasteiger partial charge in [0.2, 0.25) is 0 Å². The number of nitro groups is 1. The Kier molecular flexibility index (Phi) is 3.18. The van der Waals surface area contributed by atoms with Gasteiger partial charge in [0.15, 0.2) is 0 Å². The van der Waals surface area contributed by atoms with E-state index in [0.717, 1.165) is 16.8 Å². The van der Waals surface area contributed by atoms with E-state index < -0.39 is 0 Å². The highest BCUT2D eigenvalue weighted by Crippen LogP contribution is 2.47. The molecule has 0 saturated carbocycles. The van der Waals surface area contributed by atoms with Gasteiger partial charge in [0.1, 0.15) is 0 Å². The van der Waals surface area contributed by atoms with Gasteiger partial charge in [0.05, 0.1) is 16.1 Å². The van der Waals surface area contributed by atoms with Gasteiger partial charge in [-0.1, -0.05) is 32.0 Å². The number of nitrogens with one attached hydrogen (secondary N) is 1. The third-order valence-corrected chi connectivity index (χ3v) is 5.00. The molecule has 6 heteroatoms. The first-order valence-corrected chi connectivity index (χ1v) is 8.07. The van der Waals surface area contributed by atoms with Gasteiger partial charge < -0.3 is 4.90 Å². The average molecular weight is 334 g/mol. The number of nitro benzene ring substituents is 1. The molecule has 0 saturated heterocycles. The van der Waals surface area contributed by atoms with Crippen LogP contribution in [-0.4, -0.2) is 22.2 Å². The van der Waals surface area contributed by atoms with Gasteiger partial charge in [-0.3, -0.25) is 15.2 Å². The molecule has 1 aromatic heterocycles. The van der Waals surface area contributed by atoms with Gasteiger partial charge in [0.25, 0.3) is 5.69 Å². The Morgan fingerprint density at radius 2 is 2.00 bits per heavy atom. The average Bonchev–Trinajstić information content (AvgIpc) is 3.08. The van der Waals surface area contributed by atoms with Crippen LogP contribution in [-0.2, 0) is 5.41 Å². The van der Waals surface area contributed by atoms with Gasteiger partial charge >= 0.3 is 0 Å². The van der Waals surface area contributed by atoms with Crippen LogP contribution in [0.3, 0.4) is 0 Å². The van der Waals surface area contributed by atoms with Gasteiger partial charge in [0, 0.05) is 41.4 Å². The zero-order valence-electron chi connectivity index (χ0n) is 14.3. The first-order valence-electron chi connectivity index (χ1n) is 8.07. The number of fused-ring (bicyclic) bond motifs is 2. The van der Waals surface area contributed by atoms with Crippen molar-refractivity contribution >= 4 is 28.4 Å². The predicted octanol–water partition coefficient (Wildman–Crippen LogP) is 4.24. The highest BCUT2D eigenvalue weighted by molar-refractivity contribution is 5.90. The molecule has 6 nitrogen and oxygen atoms in total. The summed E-state index contributed by atoms with van der Waals surface area (Å²) < 4.78 is 0. The molecule has 1 aliphatic rings. The van der Waals surface area contributed by atoms with E-state index in [1.54, 1.807) is 12.1 Å². The van der Waals surface area contributed by atoms with Crippen molar-refractivity contribution in [3.63, 3.8) is 0 Å². The minimum Gasteiger partial charge on any atom is -0.347 e. The highest BCUT2D eigenvalue weighted by atomic mass is 16.6. The van der Waals surface area contributed by atoms with Gasteiger partial charge in [-0.05, 0) is 23.8 Å². The predicted molar refractivity (Wildman–Crippen MR) is 98.6 cm³/mol. The van der Waals surface area contributed by atoms with Crippen molar-refractivity contribution in [1.82, 2.24) is 10.2 Å². The number of H-pyrrole nitrogens is 1. The van der Waals surface area contributed by atoms with Crippen LogP contribution in [0.2, 0.25) is 0 Å². The number of likely N-dealkylation sites (N-methyl/N-ethyl adjacent to an activating group) is 1. The largest absolute Gasteiger partial charge is 0.347 e. The first kappa shape index (κ1) is 15.4. The molecule has 0 aliphatic carbocycles. The third kappa shape index (κ3) is 2.21. The summed E-state index contributed by atoms with van der Waals surface area (Å²) in [6.07, 6.45) is 2.04. The lowest BCUT2D eigenvalue weighted by molar-refractivity contribution is -0.384. The molecule has 3 aromatic rings. The Balaban J connectivity index is 1.88. The number of non-ortho nitro benzene ring substituents is 1. The maximum Gasteiger partial charge on any atom is 0.270 e. The van der Waals surface area contributed by atoms with Crippen molar-refractivity contribution in [2.75, 3.05) is 11.9 Å². The standard InChI is InChI=1S/C19H18N4O2/c1-19(2)14-6-4-5-7-17(14)22(3)18(19)11-16-13-10-12(23(24)25)8-9-15(13)20-21-16/h4-11H,1-3H3,(H,20,21)/b18-11+. The Morgan fingerprint density at radius 3 is 2.72 bits per heavy atom. The van der Waals surface area contributed by atoms with E-state index in [9.17, 15) is 10.1 Å². The van der Waals surface area contributed by atoms with Gasteiger partial charge in [-0.2, -0.15) is 5.10 Å². The summed E-state index contributed by atoms with van der Waals surface area (Å²) in [5, 5.41) is 19.1. The normalized spacial score (nSPS) is 17.2. The molecule has 2 heterocycles. The molecular formula is C19H18N4O2. The zero-order chi connectivity index (χ0) is 17.8. The third-order valence-electron chi connectivity index (χ3n) is 5.00. The number of aromatic amines is 1. The second-order valence-electron chi connectivity index (χ2n) is 6.83. The van der Waals surface area contributed by atoms with Crippen LogP contribution in [0.25, 0.3) is 17.0 Å². The molecule has 126 valence electrons. The van der Waals surface area contributed by atoms with E-state index in [1.807, 2.05) is 25.3 Å². The SMILES string of the molecule is CN1/C(=C/c2[nH]nc3ccc([N+](=O)[O-])cc23)C(C)(C)c2ccccc21. The van der Waals surface area contributed by atoms with E-state index in [0.29, 0.717) is 5.52 Å². The van der Waals surface area contributed by atoms with Crippen LogP contribution in [0.1, 0.15) is 25.1 Å². The molecule has 0 spiro atoms. The number of hydrogen-bond acceptors (Lipinski definition) is 4. The Labute approximate surface area is 144 Å². The molecule has 25 heavy (non-hydrogen) atoms. The molecule has 4 rings (SSSR count). The minimum absolute atomic E-state index is 0.0656. The number of aromatic nitrogens is 2. The Bertz CT molecular complexity index is 1030. The van der Waals surface area contributed by atoms with E-state index in [1.165, 1.54) is 17.3 Å². The van der Waals surface area contributed by atoms with Crippen molar-refractivity contribution in [2.24, 2.45) is 0 Å². The molecule has 0 amide bonds. The lowest BCUT2D eigenvalue weighted by Gasteiger charge is -2.24. The minimum atomic E-state index is -0.384. The van der Waals surface area contributed by atoms with Gasteiger partial charge in [-0.25, -0.2) is 0 Å².